The lowest BCUT2D eigenvalue weighted by Gasteiger charge is -2.04. The molecule has 0 bridgehead atoms. The molecule has 0 aromatic carbocycles. The van der Waals surface area contributed by atoms with Gasteiger partial charge in [0.25, 0.3) is 0 Å². The summed E-state index contributed by atoms with van der Waals surface area (Å²) in [5.74, 6) is 0.0417. The summed E-state index contributed by atoms with van der Waals surface area (Å²) in [6.45, 7) is 0.0435. The zero-order valence-electron chi connectivity index (χ0n) is 4.38. The van der Waals surface area contributed by atoms with E-state index < -0.39 is 6.29 Å². The Kier molecular flexibility index (Phi) is 5.42. The first-order valence-electron chi connectivity index (χ1n) is 2.27. The molecule has 0 rings (SSSR count). The number of hydrogen-bond donors (Lipinski definition) is 2. The molecule has 0 aromatic rings. The lowest BCUT2D eigenvalue weighted by atomic mass is 10.7. The van der Waals surface area contributed by atoms with Crippen molar-refractivity contribution in [3.8, 4) is 0 Å². The van der Waals surface area contributed by atoms with E-state index in [2.05, 4.69) is 4.74 Å². The molecule has 0 radical (unpaired) electrons. The maximum atomic E-state index is 8.52. The maximum absolute atomic E-state index is 8.52. The largest absolute Gasteiger partial charge is 0.394 e. The highest BCUT2D eigenvalue weighted by Gasteiger charge is 1.97. The zero-order chi connectivity index (χ0) is 6.41. The van der Waals surface area contributed by atoms with E-state index in [-0.39, 0.29) is 19.1 Å². The second-order valence-electron chi connectivity index (χ2n) is 1.20. The predicted molar refractivity (Wildman–Crippen MR) is 29.8 cm³/mol. The molecule has 0 aliphatic carbocycles. The van der Waals surface area contributed by atoms with Crippen molar-refractivity contribution in [1.29, 1.82) is 0 Å². The van der Waals surface area contributed by atoms with Gasteiger partial charge < -0.3 is 14.9 Å². The first-order valence-corrected chi connectivity index (χ1v) is 2.81. The van der Waals surface area contributed by atoms with Crippen LogP contribution in [-0.2, 0) is 4.74 Å². The molecule has 3 nitrogen and oxygen atoms in total. The minimum Gasteiger partial charge on any atom is -0.394 e. The Morgan fingerprint density at radius 2 is 2.25 bits per heavy atom. The van der Waals surface area contributed by atoms with Crippen LogP contribution in [0.1, 0.15) is 0 Å². The summed E-state index contributed by atoms with van der Waals surface area (Å²) in [6.07, 6.45) is -0.941. The van der Waals surface area contributed by atoms with Crippen LogP contribution in [0.4, 0.5) is 0 Å². The van der Waals surface area contributed by atoms with Gasteiger partial charge in [-0.05, 0) is 0 Å². The minimum atomic E-state index is -0.941. The van der Waals surface area contributed by atoms with Crippen molar-refractivity contribution in [2.24, 2.45) is 0 Å². The molecule has 0 heterocycles. The van der Waals surface area contributed by atoms with Gasteiger partial charge in [-0.2, -0.15) is 0 Å². The molecule has 0 spiro atoms. The summed E-state index contributed by atoms with van der Waals surface area (Å²) in [6, 6.07) is 0. The van der Waals surface area contributed by atoms with Crippen LogP contribution in [0.3, 0.4) is 0 Å². The minimum absolute atomic E-state index is 0.0417. The third kappa shape index (κ3) is 4.33. The summed E-state index contributed by atoms with van der Waals surface area (Å²) in [5, 5.41) is 16.7. The van der Waals surface area contributed by atoms with Crippen molar-refractivity contribution in [3.63, 3.8) is 0 Å². The van der Waals surface area contributed by atoms with E-state index in [4.69, 9.17) is 21.8 Å². The smallest absolute Gasteiger partial charge is 0.168 e. The van der Waals surface area contributed by atoms with Gasteiger partial charge in [-0.15, -0.1) is 11.6 Å². The molecule has 1 unspecified atom stereocenters. The number of aliphatic hydroxyl groups excluding tert-OH is 2. The van der Waals surface area contributed by atoms with Crippen LogP contribution in [-0.4, -0.2) is 35.6 Å². The summed E-state index contributed by atoms with van der Waals surface area (Å²) in [4.78, 5) is 0. The van der Waals surface area contributed by atoms with E-state index in [9.17, 15) is 0 Å². The van der Waals surface area contributed by atoms with E-state index in [1.807, 2.05) is 0 Å². The molecule has 0 amide bonds. The SMILES string of the molecule is OCCOC(O)CCl. The fourth-order valence-electron chi connectivity index (χ4n) is 0.233. The van der Waals surface area contributed by atoms with Crippen molar-refractivity contribution < 1.29 is 14.9 Å². The molecule has 0 aromatic heterocycles. The van der Waals surface area contributed by atoms with Gasteiger partial charge in [0.2, 0.25) is 0 Å². The van der Waals surface area contributed by atoms with Gasteiger partial charge >= 0.3 is 0 Å². The Morgan fingerprint density at radius 3 is 2.62 bits per heavy atom. The van der Waals surface area contributed by atoms with Gasteiger partial charge in [-0.25, -0.2) is 0 Å². The molecule has 0 aliphatic rings. The highest BCUT2D eigenvalue weighted by atomic mass is 35.5. The Morgan fingerprint density at radius 1 is 1.62 bits per heavy atom. The highest BCUT2D eigenvalue weighted by Crippen LogP contribution is 1.87. The second kappa shape index (κ2) is 5.31. The quantitative estimate of drug-likeness (QED) is 0.411. The summed E-state index contributed by atoms with van der Waals surface area (Å²) in [7, 11) is 0. The van der Waals surface area contributed by atoms with Gasteiger partial charge in [-0.3, -0.25) is 0 Å². The standard InChI is InChI=1S/C4H9ClO3/c5-3-4(7)8-2-1-6/h4,6-7H,1-3H2. The second-order valence-corrected chi connectivity index (χ2v) is 1.51. The molecule has 50 valence electrons. The molecule has 0 saturated carbocycles. The average Bonchev–Trinajstić information content (AvgIpc) is 1.83. The summed E-state index contributed by atoms with van der Waals surface area (Å²) in [5.41, 5.74) is 0. The molecule has 1 atom stereocenters. The number of ether oxygens (including phenoxy) is 1. The van der Waals surface area contributed by atoms with Crippen LogP contribution >= 0.6 is 11.6 Å². The van der Waals surface area contributed by atoms with E-state index in [0.29, 0.717) is 0 Å². The maximum Gasteiger partial charge on any atom is 0.168 e. The van der Waals surface area contributed by atoms with Gasteiger partial charge in [0.05, 0.1) is 19.1 Å². The normalized spacial score (nSPS) is 13.9. The van der Waals surface area contributed by atoms with Crippen molar-refractivity contribution in [1.82, 2.24) is 0 Å². The fraction of sp³-hybridized carbons (Fsp3) is 1.00. The molecular formula is C4H9ClO3. The van der Waals surface area contributed by atoms with E-state index in [0.717, 1.165) is 0 Å². The third-order valence-corrected chi connectivity index (χ3v) is 0.798. The molecule has 0 aliphatic heterocycles. The zero-order valence-corrected chi connectivity index (χ0v) is 5.14. The molecule has 2 N–H and O–H groups in total. The van der Waals surface area contributed by atoms with Crippen molar-refractivity contribution in [2.75, 3.05) is 19.1 Å². The number of alkyl halides is 1. The molecule has 4 heteroatoms. The van der Waals surface area contributed by atoms with Crippen LogP contribution in [0, 0.1) is 0 Å². The first kappa shape index (κ1) is 8.17. The predicted octanol–water partition coefficient (Wildman–Crippen LogP) is -0.448. The average molecular weight is 141 g/mol. The monoisotopic (exact) mass is 140 g/mol. The van der Waals surface area contributed by atoms with Gasteiger partial charge in [0.1, 0.15) is 0 Å². The van der Waals surface area contributed by atoms with Gasteiger partial charge in [0, 0.05) is 0 Å². The van der Waals surface area contributed by atoms with Crippen LogP contribution in [0.2, 0.25) is 0 Å². The Bertz CT molecular complexity index is 50.5. The first-order chi connectivity index (χ1) is 3.81. The molecule has 8 heavy (non-hydrogen) atoms. The van der Waals surface area contributed by atoms with E-state index >= 15 is 0 Å². The molecular weight excluding hydrogens is 131 g/mol. The topological polar surface area (TPSA) is 49.7 Å². The summed E-state index contributed by atoms with van der Waals surface area (Å²) >= 11 is 5.13. The Labute approximate surface area is 52.8 Å². The number of hydrogen-bond acceptors (Lipinski definition) is 3. The van der Waals surface area contributed by atoms with E-state index in [1.54, 1.807) is 0 Å². The molecule has 0 fully saturated rings. The lowest BCUT2D eigenvalue weighted by Crippen LogP contribution is -2.15. The van der Waals surface area contributed by atoms with Crippen LogP contribution in [0.15, 0.2) is 0 Å². The Balaban J connectivity index is 2.86. The van der Waals surface area contributed by atoms with Gasteiger partial charge in [0.15, 0.2) is 6.29 Å². The van der Waals surface area contributed by atoms with Crippen LogP contribution < -0.4 is 0 Å². The number of halogens is 1. The van der Waals surface area contributed by atoms with Crippen LogP contribution in [0.25, 0.3) is 0 Å². The number of rotatable bonds is 4. The van der Waals surface area contributed by atoms with E-state index in [1.165, 1.54) is 0 Å². The highest BCUT2D eigenvalue weighted by molar-refractivity contribution is 6.18. The van der Waals surface area contributed by atoms with Crippen molar-refractivity contribution >= 4 is 11.6 Å². The van der Waals surface area contributed by atoms with Crippen LogP contribution in [0.5, 0.6) is 0 Å². The van der Waals surface area contributed by atoms with Crippen molar-refractivity contribution in [3.05, 3.63) is 0 Å². The van der Waals surface area contributed by atoms with Crippen molar-refractivity contribution in [2.45, 2.75) is 6.29 Å². The summed E-state index contributed by atoms with van der Waals surface area (Å²) < 4.78 is 4.51. The Hall–Kier alpha value is 0.170. The van der Waals surface area contributed by atoms with Gasteiger partial charge in [-0.1, -0.05) is 0 Å². The number of aliphatic hydroxyl groups is 2. The fourth-order valence-corrected chi connectivity index (χ4v) is 0.322. The third-order valence-electron chi connectivity index (χ3n) is 0.534. The lowest BCUT2D eigenvalue weighted by molar-refractivity contribution is -0.0908. The molecule has 0 saturated heterocycles.